The predicted molar refractivity (Wildman–Crippen MR) is 85.5 cm³/mol. The van der Waals surface area contributed by atoms with Crippen molar-refractivity contribution in [2.24, 2.45) is 0 Å². The van der Waals surface area contributed by atoms with Crippen molar-refractivity contribution < 1.29 is 9.53 Å². The number of hydrogen-bond donors (Lipinski definition) is 1. The van der Waals surface area contributed by atoms with Gasteiger partial charge in [-0.15, -0.1) is 10.2 Å². The zero-order valence-electron chi connectivity index (χ0n) is 11.7. The Morgan fingerprint density at radius 2 is 1.95 bits per heavy atom. The topological polar surface area (TPSA) is 64.1 Å². The van der Waals surface area contributed by atoms with Gasteiger partial charge in [-0.3, -0.25) is 4.79 Å². The first kappa shape index (κ1) is 14.3. The van der Waals surface area contributed by atoms with Gasteiger partial charge in [0.2, 0.25) is 0 Å². The van der Waals surface area contributed by atoms with Gasteiger partial charge in [0.05, 0.1) is 18.3 Å². The first-order valence-corrected chi connectivity index (χ1v) is 6.92. The molecule has 0 atom stereocenters. The minimum Gasteiger partial charge on any atom is -0.495 e. The number of hydrogen-bond acceptors (Lipinski definition) is 4. The zero-order valence-corrected chi connectivity index (χ0v) is 12.5. The highest BCUT2D eigenvalue weighted by molar-refractivity contribution is 6.31. The van der Waals surface area contributed by atoms with Gasteiger partial charge in [0.1, 0.15) is 5.75 Å². The van der Waals surface area contributed by atoms with Crippen LogP contribution in [0.1, 0.15) is 10.5 Å². The fraction of sp³-hybridized carbons (Fsp3) is 0.0625. The van der Waals surface area contributed by atoms with Gasteiger partial charge < -0.3 is 10.1 Å². The Labute approximate surface area is 131 Å². The second-order valence-electron chi connectivity index (χ2n) is 4.59. The number of nitrogens with zero attached hydrogens (tertiary/aromatic N) is 2. The van der Waals surface area contributed by atoms with E-state index in [1.807, 2.05) is 24.3 Å². The van der Waals surface area contributed by atoms with E-state index in [2.05, 4.69) is 15.5 Å². The zero-order chi connectivity index (χ0) is 15.5. The molecule has 0 aliphatic carbocycles. The summed E-state index contributed by atoms with van der Waals surface area (Å²) in [6.45, 7) is 0. The third-order valence-electron chi connectivity index (χ3n) is 3.14. The van der Waals surface area contributed by atoms with Gasteiger partial charge in [0, 0.05) is 10.4 Å². The van der Waals surface area contributed by atoms with Crippen molar-refractivity contribution in [3.05, 3.63) is 59.2 Å². The van der Waals surface area contributed by atoms with E-state index in [-0.39, 0.29) is 11.6 Å². The van der Waals surface area contributed by atoms with Crippen molar-refractivity contribution in [3.8, 4) is 5.75 Å². The summed E-state index contributed by atoms with van der Waals surface area (Å²) in [6, 6.07) is 14.1. The Morgan fingerprint density at radius 1 is 1.14 bits per heavy atom. The number of carbonyl (C=O) groups is 1. The average Bonchev–Trinajstić information content (AvgIpc) is 2.54. The minimum atomic E-state index is -0.376. The van der Waals surface area contributed by atoms with Gasteiger partial charge in [0.15, 0.2) is 5.69 Å². The molecule has 1 amide bonds. The molecule has 0 fully saturated rings. The molecule has 0 spiro atoms. The van der Waals surface area contributed by atoms with Crippen molar-refractivity contribution in [2.75, 3.05) is 12.4 Å². The maximum atomic E-state index is 12.3. The molecule has 110 valence electrons. The van der Waals surface area contributed by atoms with E-state index in [1.54, 1.807) is 24.3 Å². The monoisotopic (exact) mass is 313 g/mol. The van der Waals surface area contributed by atoms with Crippen LogP contribution in [-0.2, 0) is 0 Å². The lowest BCUT2D eigenvalue weighted by molar-refractivity contribution is 0.102. The highest BCUT2D eigenvalue weighted by Crippen LogP contribution is 2.28. The van der Waals surface area contributed by atoms with Crippen LogP contribution in [0, 0.1) is 0 Å². The first-order chi connectivity index (χ1) is 10.7. The van der Waals surface area contributed by atoms with Crippen LogP contribution in [0.5, 0.6) is 5.75 Å². The molecule has 1 aromatic heterocycles. The molecule has 0 bridgehead atoms. The normalized spacial score (nSPS) is 10.5. The summed E-state index contributed by atoms with van der Waals surface area (Å²) < 4.78 is 5.20. The molecular formula is C16H12ClN3O2. The smallest absolute Gasteiger partial charge is 0.276 e. The molecule has 3 aromatic rings. The van der Waals surface area contributed by atoms with Gasteiger partial charge in [0.25, 0.3) is 5.91 Å². The second kappa shape index (κ2) is 5.99. The summed E-state index contributed by atoms with van der Waals surface area (Å²) in [7, 11) is 1.52. The Bertz CT molecular complexity index is 852. The number of methoxy groups -OCH3 is 1. The Hall–Kier alpha value is -2.66. The van der Waals surface area contributed by atoms with E-state index in [0.29, 0.717) is 16.5 Å². The maximum Gasteiger partial charge on any atom is 0.276 e. The van der Waals surface area contributed by atoms with E-state index in [4.69, 9.17) is 16.3 Å². The fourth-order valence-electron chi connectivity index (χ4n) is 2.06. The first-order valence-electron chi connectivity index (χ1n) is 6.55. The van der Waals surface area contributed by atoms with Crippen molar-refractivity contribution in [1.82, 2.24) is 10.2 Å². The molecule has 3 rings (SSSR count). The van der Waals surface area contributed by atoms with E-state index >= 15 is 0 Å². The number of carbonyl (C=O) groups excluding carboxylic acids is 1. The number of aromatic nitrogens is 2. The van der Waals surface area contributed by atoms with Crippen LogP contribution in [-0.4, -0.2) is 23.2 Å². The van der Waals surface area contributed by atoms with E-state index < -0.39 is 0 Å². The minimum absolute atomic E-state index is 0.223. The molecule has 0 aliphatic rings. The Morgan fingerprint density at radius 3 is 2.77 bits per heavy atom. The Kier molecular flexibility index (Phi) is 3.89. The summed E-state index contributed by atoms with van der Waals surface area (Å²) in [5.41, 5.74) is 1.44. The number of anilines is 1. The molecule has 1 heterocycles. The molecule has 5 nitrogen and oxygen atoms in total. The van der Waals surface area contributed by atoms with Crippen LogP contribution in [0.4, 0.5) is 5.69 Å². The molecular weight excluding hydrogens is 302 g/mol. The fourth-order valence-corrected chi connectivity index (χ4v) is 2.23. The summed E-state index contributed by atoms with van der Waals surface area (Å²) in [5, 5.41) is 12.1. The number of nitrogens with one attached hydrogen (secondary N) is 1. The molecule has 2 aromatic carbocycles. The Balaban J connectivity index is 1.91. The van der Waals surface area contributed by atoms with Crippen molar-refractivity contribution in [1.29, 1.82) is 0 Å². The number of halogens is 1. The molecule has 0 saturated carbocycles. The lowest BCUT2D eigenvalue weighted by Gasteiger charge is -2.10. The van der Waals surface area contributed by atoms with Crippen LogP contribution in [0.3, 0.4) is 0 Å². The number of ether oxygens (including phenoxy) is 1. The number of rotatable bonds is 3. The van der Waals surface area contributed by atoms with Crippen molar-refractivity contribution in [3.63, 3.8) is 0 Å². The summed E-state index contributed by atoms with van der Waals surface area (Å²) in [4.78, 5) is 12.3. The van der Waals surface area contributed by atoms with E-state index in [1.165, 1.54) is 7.11 Å². The molecule has 22 heavy (non-hydrogen) atoms. The summed E-state index contributed by atoms with van der Waals surface area (Å²) >= 11 is 5.95. The molecule has 0 saturated heterocycles. The SMILES string of the molecule is COc1ccc(Cl)cc1NC(=O)c1cc2ccccc2nn1. The highest BCUT2D eigenvalue weighted by Gasteiger charge is 2.12. The van der Waals surface area contributed by atoms with Gasteiger partial charge in [-0.1, -0.05) is 29.8 Å². The largest absolute Gasteiger partial charge is 0.495 e. The third kappa shape index (κ3) is 2.84. The molecule has 0 radical (unpaired) electrons. The predicted octanol–water partition coefficient (Wildman–Crippen LogP) is 3.54. The molecule has 1 N–H and O–H groups in total. The lowest BCUT2D eigenvalue weighted by Crippen LogP contribution is -2.15. The summed E-state index contributed by atoms with van der Waals surface area (Å²) in [6.07, 6.45) is 0. The highest BCUT2D eigenvalue weighted by atomic mass is 35.5. The maximum absolute atomic E-state index is 12.3. The van der Waals surface area contributed by atoms with Crippen LogP contribution in [0.2, 0.25) is 5.02 Å². The van der Waals surface area contributed by atoms with Gasteiger partial charge in [-0.25, -0.2) is 0 Å². The molecule has 0 aliphatic heterocycles. The lowest BCUT2D eigenvalue weighted by atomic mass is 10.2. The average molecular weight is 314 g/mol. The quantitative estimate of drug-likeness (QED) is 0.803. The van der Waals surface area contributed by atoms with Crippen molar-refractivity contribution in [2.45, 2.75) is 0 Å². The third-order valence-corrected chi connectivity index (χ3v) is 3.37. The number of fused-ring (bicyclic) bond motifs is 1. The number of amides is 1. The van der Waals surface area contributed by atoms with Crippen LogP contribution in [0.15, 0.2) is 48.5 Å². The van der Waals surface area contributed by atoms with Crippen LogP contribution >= 0.6 is 11.6 Å². The second-order valence-corrected chi connectivity index (χ2v) is 5.02. The number of benzene rings is 2. The van der Waals surface area contributed by atoms with Gasteiger partial charge in [-0.05, 0) is 30.3 Å². The van der Waals surface area contributed by atoms with Crippen LogP contribution < -0.4 is 10.1 Å². The molecule has 6 heteroatoms. The van der Waals surface area contributed by atoms with E-state index in [9.17, 15) is 4.79 Å². The molecule has 0 unspecified atom stereocenters. The van der Waals surface area contributed by atoms with Crippen LogP contribution in [0.25, 0.3) is 10.9 Å². The van der Waals surface area contributed by atoms with E-state index in [0.717, 1.165) is 10.9 Å². The van der Waals surface area contributed by atoms with Crippen molar-refractivity contribution >= 4 is 34.1 Å². The van der Waals surface area contributed by atoms with Gasteiger partial charge >= 0.3 is 0 Å². The summed E-state index contributed by atoms with van der Waals surface area (Å²) in [5.74, 6) is 0.144. The van der Waals surface area contributed by atoms with Gasteiger partial charge in [-0.2, -0.15) is 0 Å². The standard InChI is InChI=1S/C16H12ClN3O2/c1-22-15-7-6-11(17)9-13(15)18-16(21)14-8-10-4-2-3-5-12(10)19-20-14/h2-9H,1H3,(H,18,21).